The molecule has 0 aliphatic carbocycles. The smallest absolute Gasteiger partial charge is 0.225 e. The molecule has 0 unspecified atom stereocenters. The molecule has 2 aliphatic rings. The Morgan fingerprint density at radius 3 is 2.48 bits per heavy atom. The van der Waals surface area contributed by atoms with Crippen molar-refractivity contribution >= 4 is 34.8 Å². The van der Waals surface area contributed by atoms with Crippen LogP contribution in [0.2, 0.25) is 10.0 Å². The third-order valence-electron chi connectivity index (χ3n) is 4.09. The summed E-state index contributed by atoms with van der Waals surface area (Å²) in [5.74, 6) is 1.16. The minimum Gasteiger partial charge on any atom is -0.486 e. The second kappa shape index (κ2) is 5.62. The third-order valence-corrected chi connectivity index (χ3v) is 4.65. The van der Waals surface area contributed by atoms with Crippen LogP contribution in [0.3, 0.4) is 0 Å². The Labute approximate surface area is 143 Å². The lowest BCUT2D eigenvalue weighted by molar-refractivity contribution is -0.116. The molecule has 0 fully saturated rings. The molecule has 1 amide bonds. The van der Waals surface area contributed by atoms with Gasteiger partial charge in [0.2, 0.25) is 5.91 Å². The summed E-state index contributed by atoms with van der Waals surface area (Å²) < 4.78 is 11.2. The summed E-state index contributed by atoms with van der Waals surface area (Å²) in [7, 11) is 0. The van der Waals surface area contributed by atoms with E-state index in [1.807, 2.05) is 18.2 Å². The molecule has 0 saturated heterocycles. The van der Waals surface area contributed by atoms with E-state index in [0.29, 0.717) is 41.2 Å². The van der Waals surface area contributed by atoms with Gasteiger partial charge in [-0.3, -0.25) is 4.79 Å². The predicted molar refractivity (Wildman–Crippen MR) is 89.0 cm³/mol. The number of nitrogens with one attached hydrogen (secondary N) is 1. The lowest BCUT2D eigenvalue weighted by atomic mass is 9.84. The highest BCUT2D eigenvalue weighted by Crippen LogP contribution is 2.45. The summed E-state index contributed by atoms with van der Waals surface area (Å²) in [6, 6.07) is 9.10. The van der Waals surface area contributed by atoms with Crippen LogP contribution in [0.15, 0.2) is 30.3 Å². The van der Waals surface area contributed by atoms with Crippen molar-refractivity contribution < 1.29 is 14.3 Å². The Kier molecular flexibility index (Phi) is 3.58. The fourth-order valence-corrected chi connectivity index (χ4v) is 3.60. The maximum Gasteiger partial charge on any atom is 0.225 e. The highest BCUT2D eigenvalue weighted by atomic mass is 35.5. The molecule has 1 N–H and O–H groups in total. The average Bonchev–Trinajstić information content (AvgIpc) is 2.52. The fourth-order valence-electron chi connectivity index (χ4n) is 3.06. The van der Waals surface area contributed by atoms with Crippen LogP contribution in [0.4, 0.5) is 5.69 Å². The number of rotatable bonds is 1. The van der Waals surface area contributed by atoms with Crippen molar-refractivity contribution in [1.29, 1.82) is 0 Å². The molecule has 1 atom stereocenters. The van der Waals surface area contributed by atoms with Gasteiger partial charge in [-0.1, -0.05) is 29.3 Å². The zero-order valence-corrected chi connectivity index (χ0v) is 13.6. The number of amides is 1. The molecule has 23 heavy (non-hydrogen) atoms. The zero-order valence-electron chi connectivity index (χ0n) is 12.1. The molecule has 0 radical (unpaired) electrons. The van der Waals surface area contributed by atoms with E-state index in [1.165, 1.54) is 0 Å². The maximum absolute atomic E-state index is 12.1. The van der Waals surface area contributed by atoms with Crippen LogP contribution in [-0.2, 0) is 4.79 Å². The van der Waals surface area contributed by atoms with Gasteiger partial charge < -0.3 is 14.8 Å². The van der Waals surface area contributed by atoms with E-state index < -0.39 is 0 Å². The second-order valence-corrected chi connectivity index (χ2v) is 6.40. The highest BCUT2D eigenvalue weighted by Gasteiger charge is 2.30. The fraction of sp³-hybridized carbons (Fsp3) is 0.235. The third kappa shape index (κ3) is 2.62. The largest absolute Gasteiger partial charge is 0.486 e. The monoisotopic (exact) mass is 349 g/mol. The van der Waals surface area contributed by atoms with E-state index in [1.54, 1.807) is 12.1 Å². The van der Waals surface area contributed by atoms with Gasteiger partial charge in [-0.25, -0.2) is 0 Å². The maximum atomic E-state index is 12.1. The summed E-state index contributed by atoms with van der Waals surface area (Å²) in [5, 5.41) is 4.02. The number of hydrogen-bond acceptors (Lipinski definition) is 3. The molecular formula is C17H13Cl2NO3. The molecule has 0 spiro atoms. The highest BCUT2D eigenvalue weighted by molar-refractivity contribution is 6.35. The molecule has 4 nitrogen and oxygen atoms in total. The van der Waals surface area contributed by atoms with Crippen LogP contribution in [0, 0.1) is 0 Å². The molecule has 2 heterocycles. The molecule has 4 rings (SSSR count). The standard InChI is InChI=1S/C17H13Cl2NO3/c18-9-1-2-10(13(19)5-9)11-7-17(21)20-14-8-16-15(6-12(11)14)22-3-4-23-16/h1-2,5-6,8,11H,3-4,7H2,(H,20,21)/t11-/m0/s1. The Hall–Kier alpha value is -1.91. The lowest BCUT2D eigenvalue weighted by Crippen LogP contribution is -2.25. The van der Waals surface area contributed by atoms with Gasteiger partial charge in [0.1, 0.15) is 13.2 Å². The summed E-state index contributed by atoms with van der Waals surface area (Å²) in [6.45, 7) is 1.02. The number of anilines is 1. The van der Waals surface area contributed by atoms with Crippen molar-refractivity contribution in [3.05, 3.63) is 51.5 Å². The topological polar surface area (TPSA) is 47.6 Å². The van der Waals surface area contributed by atoms with Crippen molar-refractivity contribution in [1.82, 2.24) is 0 Å². The average molecular weight is 350 g/mol. The first-order chi connectivity index (χ1) is 11.1. The molecule has 0 saturated carbocycles. The van der Waals surface area contributed by atoms with Crippen LogP contribution < -0.4 is 14.8 Å². The van der Waals surface area contributed by atoms with E-state index in [9.17, 15) is 4.79 Å². The minimum absolute atomic E-state index is 0.0507. The Morgan fingerprint density at radius 2 is 1.74 bits per heavy atom. The quantitative estimate of drug-likeness (QED) is 0.837. The molecule has 2 aromatic carbocycles. The normalized spacial score (nSPS) is 19.0. The summed E-state index contributed by atoms with van der Waals surface area (Å²) in [5.41, 5.74) is 2.59. The van der Waals surface area contributed by atoms with Crippen molar-refractivity contribution in [2.24, 2.45) is 0 Å². The van der Waals surface area contributed by atoms with Gasteiger partial charge in [0, 0.05) is 34.1 Å². The molecule has 0 bridgehead atoms. The number of ether oxygens (including phenoxy) is 2. The number of halogens is 2. The number of fused-ring (bicyclic) bond motifs is 2. The van der Waals surface area contributed by atoms with Gasteiger partial charge in [-0.15, -0.1) is 0 Å². The molecule has 0 aromatic heterocycles. The van der Waals surface area contributed by atoms with Crippen LogP contribution in [0.25, 0.3) is 0 Å². The molecular weight excluding hydrogens is 337 g/mol. The van der Waals surface area contributed by atoms with Gasteiger partial charge in [-0.2, -0.15) is 0 Å². The van der Waals surface area contributed by atoms with Crippen LogP contribution in [0.5, 0.6) is 11.5 Å². The summed E-state index contributed by atoms with van der Waals surface area (Å²) in [4.78, 5) is 12.1. The minimum atomic E-state index is -0.139. The van der Waals surface area contributed by atoms with Crippen molar-refractivity contribution in [2.45, 2.75) is 12.3 Å². The number of hydrogen-bond donors (Lipinski definition) is 1. The van der Waals surface area contributed by atoms with Gasteiger partial charge in [0.15, 0.2) is 11.5 Å². The number of carbonyl (C=O) groups is 1. The Morgan fingerprint density at radius 1 is 1.00 bits per heavy atom. The Bertz CT molecular complexity index is 807. The van der Waals surface area contributed by atoms with E-state index >= 15 is 0 Å². The van der Waals surface area contributed by atoms with Crippen molar-refractivity contribution in [2.75, 3.05) is 18.5 Å². The van der Waals surface area contributed by atoms with Crippen molar-refractivity contribution in [3.8, 4) is 11.5 Å². The van der Waals surface area contributed by atoms with E-state index in [2.05, 4.69) is 5.32 Å². The van der Waals surface area contributed by atoms with Gasteiger partial charge in [0.25, 0.3) is 0 Å². The van der Waals surface area contributed by atoms with E-state index in [0.717, 1.165) is 16.8 Å². The SMILES string of the molecule is O=C1C[C@@H](c2ccc(Cl)cc2Cl)c2cc3c(cc2N1)OCCO3. The summed E-state index contributed by atoms with van der Waals surface area (Å²) >= 11 is 12.3. The first-order valence-corrected chi connectivity index (χ1v) is 8.06. The zero-order chi connectivity index (χ0) is 16.0. The molecule has 6 heteroatoms. The molecule has 2 aromatic rings. The number of benzene rings is 2. The van der Waals surface area contributed by atoms with Crippen LogP contribution >= 0.6 is 23.2 Å². The first kappa shape index (κ1) is 14.7. The first-order valence-electron chi connectivity index (χ1n) is 7.30. The molecule has 2 aliphatic heterocycles. The summed E-state index contributed by atoms with van der Waals surface area (Å²) in [6.07, 6.45) is 0.327. The van der Waals surface area contributed by atoms with Crippen molar-refractivity contribution in [3.63, 3.8) is 0 Å². The van der Waals surface area contributed by atoms with E-state index in [4.69, 9.17) is 32.7 Å². The van der Waals surface area contributed by atoms with Crippen LogP contribution in [0.1, 0.15) is 23.5 Å². The number of carbonyl (C=O) groups excluding carboxylic acids is 1. The van der Waals surface area contributed by atoms with Gasteiger partial charge in [0.05, 0.1) is 0 Å². The lowest BCUT2D eigenvalue weighted by Gasteiger charge is -2.29. The van der Waals surface area contributed by atoms with E-state index in [-0.39, 0.29) is 11.8 Å². The second-order valence-electron chi connectivity index (χ2n) is 5.55. The van der Waals surface area contributed by atoms with Crippen LogP contribution in [-0.4, -0.2) is 19.1 Å². The van der Waals surface area contributed by atoms with Gasteiger partial charge in [-0.05, 0) is 29.3 Å². The predicted octanol–water partition coefficient (Wildman–Crippen LogP) is 4.24. The molecule has 118 valence electrons. The van der Waals surface area contributed by atoms with Gasteiger partial charge >= 0.3 is 0 Å². The Balaban J connectivity index is 1.85.